The second-order valence-corrected chi connectivity index (χ2v) is 8.93. The molecule has 0 aromatic heterocycles. The first-order valence-electron chi connectivity index (χ1n) is 9.57. The van der Waals surface area contributed by atoms with Crippen LogP contribution in [0.1, 0.15) is 51.2 Å². The topological polar surface area (TPSA) is 38.3 Å². The molecule has 2 aromatic carbocycles. The summed E-state index contributed by atoms with van der Waals surface area (Å²) in [7, 11) is 0. The van der Waals surface area contributed by atoms with Crippen LogP contribution in [0.3, 0.4) is 0 Å². The van der Waals surface area contributed by atoms with Crippen LogP contribution in [0.5, 0.6) is 0 Å². The van der Waals surface area contributed by atoms with Gasteiger partial charge in [0.25, 0.3) is 0 Å². The standard InChI is InChI=1S/C23H29Cl2NO2/c1-16(26-22(27)13-14-28-23(2,3)4)21(18-7-11-20(25)12-8-18)15-17-5-9-19(24)10-6-17/h5-12,16,21H,13-15H2,1-4H3,(H,26,27). The third kappa shape index (κ3) is 7.83. The van der Waals surface area contributed by atoms with E-state index in [-0.39, 0.29) is 23.5 Å². The molecule has 0 heterocycles. The molecule has 0 fully saturated rings. The van der Waals surface area contributed by atoms with E-state index < -0.39 is 0 Å². The van der Waals surface area contributed by atoms with Gasteiger partial charge in [0.05, 0.1) is 12.2 Å². The summed E-state index contributed by atoms with van der Waals surface area (Å²) < 4.78 is 5.66. The second-order valence-electron chi connectivity index (χ2n) is 8.06. The number of carbonyl (C=O) groups excluding carboxylic acids is 1. The number of carbonyl (C=O) groups is 1. The molecule has 1 amide bonds. The lowest BCUT2D eigenvalue weighted by Crippen LogP contribution is -2.38. The van der Waals surface area contributed by atoms with Crippen molar-refractivity contribution in [3.63, 3.8) is 0 Å². The smallest absolute Gasteiger partial charge is 0.222 e. The minimum Gasteiger partial charge on any atom is -0.375 e. The van der Waals surface area contributed by atoms with Gasteiger partial charge in [0.1, 0.15) is 0 Å². The minimum atomic E-state index is -0.244. The third-order valence-electron chi connectivity index (χ3n) is 4.52. The molecule has 0 aliphatic heterocycles. The fourth-order valence-electron chi connectivity index (χ4n) is 3.04. The van der Waals surface area contributed by atoms with Gasteiger partial charge in [0.2, 0.25) is 5.91 Å². The van der Waals surface area contributed by atoms with Crippen LogP contribution in [0.25, 0.3) is 0 Å². The van der Waals surface area contributed by atoms with E-state index in [1.54, 1.807) is 0 Å². The Morgan fingerprint density at radius 1 is 1.00 bits per heavy atom. The summed E-state index contributed by atoms with van der Waals surface area (Å²) in [5.74, 6) is 0.109. The molecule has 2 atom stereocenters. The summed E-state index contributed by atoms with van der Waals surface area (Å²) in [5, 5.41) is 4.55. The van der Waals surface area contributed by atoms with Crippen molar-refractivity contribution in [1.29, 1.82) is 0 Å². The van der Waals surface area contributed by atoms with E-state index in [2.05, 4.69) is 5.32 Å². The van der Waals surface area contributed by atoms with Gasteiger partial charge >= 0.3 is 0 Å². The van der Waals surface area contributed by atoms with Gasteiger partial charge in [0, 0.05) is 28.4 Å². The van der Waals surface area contributed by atoms with Crippen molar-refractivity contribution in [1.82, 2.24) is 5.32 Å². The van der Waals surface area contributed by atoms with E-state index in [0.29, 0.717) is 23.1 Å². The maximum absolute atomic E-state index is 12.4. The van der Waals surface area contributed by atoms with Crippen LogP contribution in [0.4, 0.5) is 0 Å². The van der Waals surface area contributed by atoms with Crippen molar-refractivity contribution in [2.45, 2.75) is 58.1 Å². The first kappa shape index (κ1) is 22.7. The number of benzene rings is 2. The first-order chi connectivity index (χ1) is 13.1. The Kier molecular flexibility index (Phi) is 8.36. The van der Waals surface area contributed by atoms with Crippen molar-refractivity contribution in [3.8, 4) is 0 Å². The molecule has 0 saturated heterocycles. The van der Waals surface area contributed by atoms with Gasteiger partial charge < -0.3 is 10.1 Å². The predicted molar refractivity (Wildman–Crippen MR) is 117 cm³/mol. The van der Waals surface area contributed by atoms with E-state index in [4.69, 9.17) is 27.9 Å². The summed E-state index contributed by atoms with van der Waals surface area (Å²) in [6.45, 7) is 8.39. The number of hydrogen-bond donors (Lipinski definition) is 1. The van der Waals surface area contributed by atoms with Crippen LogP contribution in [-0.2, 0) is 16.0 Å². The summed E-state index contributed by atoms with van der Waals surface area (Å²) in [5.41, 5.74) is 2.06. The number of rotatable bonds is 8. The summed E-state index contributed by atoms with van der Waals surface area (Å²) >= 11 is 12.1. The van der Waals surface area contributed by atoms with E-state index in [9.17, 15) is 4.79 Å². The molecule has 28 heavy (non-hydrogen) atoms. The molecule has 0 saturated carbocycles. The van der Waals surface area contributed by atoms with E-state index in [0.717, 1.165) is 12.0 Å². The molecule has 5 heteroatoms. The number of nitrogens with one attached hydrogen (secondary N) is 1. The van der Waals surface area contributed by atoms with Gasteiger partial charge in [-0.25, -0.2) is 0 Å². The largest absolute Gasteiger partial charge is 0.375 e. The predicted octanol–water partition coefficient (Wildman–Crippen LogP) is 6.03. The lowest BCUT2D eigenvalue weighted by molar-refractivity contribution is -0.124. The Morgan fingerprint density at radius 3 is 2.07 bits per heavy atom. The Balaban J connectivity index is 2.08. The average molecular weight is 422 g/mol. The van der Waals surface area contributed by atoms with Crippen LogP contribution < -0.4 is 5.32 Å². The van der Waals surface area contributed by atoms with Gasteiger partial charge in [-0.05, 0) is 69.5 Å². The molecule has 1 N–H and O–H groups in total. The molecule has 0 aliphatic rings. The monoisotopic (exact) mass is 421 g/mol. The SMILES string of the molecule is CC(NC(=O)CCOC(C)(C)C)C(Cc1ccc(Cl)cc1)c1ccc(Cl)cc1. The Labute approximate surface area is 178 Å². The van der Waals surface area contributed by atoms with Crippen LogP contribution in [-0.4, -0.2) is 24.2 Å². The molecule has 2 rings (SSSR count). The summed E-state index contributed by atoms with van der Waals surface area (Å²) in [6.07, 6.45) is 1.13. The molecule has 2 aromatic rings. The molecular weight excluding hydrogens is 393 g/mol. The van der Waals surface area contributed by atoms with Gasteiger partial charge in [-0.1, -0.05) is 47.5 Å². The average Bonchev–Trinajstić information content (AvgIpc) is 2.61. The third-order valence-corrected chi connectivity index (χ3v) is 5.03. The molecule has 0 bridgehead atoms. The summed E-state index contributed by atoms with van der Waals surface area (Å²) in [6, 6.07) is 15.6. The molecular formula is C23H29Cl2NO2. The van der Waals surface area contributed by atoms with Gasteiger partial charge in [-0.15, -0.1) is 0 Å². The minimum absolute atomic E-state index is 0.00757. The number of ether oxygens (including phenoxy) is 1. The van der Waals surface area contributed by atoms with Gasteiger partial charge in [0.15, 0.2) is 0 Å². The molecule has 152 valence electrons. The fraction of sp³-hybridized carbons (Fsp3) is 0.435. The van der Waals surface area contributed by atoms with Crippen LogP contribution >= 0.6 is 23.2 Å². The fourth-order valence-corrected chi connectivity index (χ4v) is 3.30. The molecule has 0 spiro atoms. The first-order valence-corrected chi connectivity index (χ1v) is 10.3. The zero-order valence-corrected chi connectivity index (χ0v) is 18.5. The van der Waals surface area contributed by atoms with Crippen LogP contribution in [0.15, 0.2) is 48.5 Å². The maximum atomic E-state index is 12.4. The second kappa shape index (κ2) is 10.3. The zero-order valence-electron chi connectivity index (χ0n) is 17.0. The van der Waals surface area contributed by atoms with Crippen molar-refractivity contribution < 1.29 is 9.53 Å². The number of halogens is 2. The van der Waals surface area contributed by atoms with Crippen molar-refractivity contribution >= 4 is 29.1 Å². The molecule has 2 unspecified atom stereocenters. The molecule has 0 aliphatic carbocycles. The zero-order chi connectivity index (χ0) is 20.7. The highest BCUT2D eigenvalue weighted by Crippen LogP contribution is 2.27. The lowest BCUT2D eigenvalue weighted by Gasteiger charge is -2.26. The van der Waals surface area contributed by atoms with Crippen molar-refractivity contribution in [3.05, 3.63) is 69.7 Å². The Morgan fingerprint density at radius 2 is 1.54 bits per heavy atom. The van der Waals surface area contributed by atoms with Crippen LogP contribution in [0, 0.1) is 0 Å². The van der Waals surface area contributed by atoms with E-state index in [1.807, 2.05) is 76.2 Å². The highest BCUT2D eigenvalue weighted by Gasteiger charge is 2.22. The summed E-state index contributed by atoms with van der Waals surface area (Å²) in [4.78, 5) is 12.4. The van der Waals surface area contributed by atoms with Crippen molar-refractivity contribution in [2.24, 2.45) is 0 Å². The normalized spacial score (nSPS) is 13.8. The van der Waals surface area contributed by atoms with Crippen molar-refractivity contribution in [2.75, 3.05) is 6.61 Å². The van der Waals surface area contributed by atoms with E-state index >= 15 is 0 Å². The van der Waals surface area contributed by atoms with Crippen LogP contribution in [0.2, 0.25) is 10.0 Å². The Hall–Kier alpha value is -1.55. The van der Waals surface area contributed by atoms with E-state index in [1.165, 1.54) is 5.56 Å². The molecule has 0 radical (unpaired) electrons. The number of amides is 1. The quantitative estimate of drug-likeness (QED) is 0.564. The highest BCUT2D eigenvalue weighted by atomic mass is 35.5. The highest BCUT2D eigenvalue weighted by molar-refractivity contribution is 6.30. The lowest BCUT2D eigenvalue weighted by atomic mass is 9.86. The Bertz CT molecular complexity index is 752. The number of hydrogen-bond acceptors (Lipinski definition) is 2. The maximum Gasteiger partial charge on any atom is 0.222 e. The van der Waals surface area contributed by atoms with Gasteiger partial charge in [-0.3, -0.25) is 4.79 Å². The van der Waals surface area contributed by atoms with Gasteiger partial charge in [-0.2, -0.15) is 0 Å². The molecule has 3 nitrogen and oxygen atoms in total.